The maximum atomic E-state index is 5.89. The first-order valence-corrected chi connectivity index (χ1v) is 6.37. The van der Waals surface area contributed by atoms with Gasteiger partial charge >= 0.3 is 0 Å². The first kappa shape index (κ1) is 11.6. The van der Waals surface area contributed by atoms with Gasteiger partial charge in [0.15, 0.2) is 0 Å². The Balaban J connectivity index is 1.65. The molecule has 0 unspecified atom stereocenters. The average Bonchev–Trinajstić information content (AvgIpc) is 2.33. The van der Waals surface area contributed by atoms with Crippen LogP contribution >= 0.6 is 0 Å². The molecule has 2 rings (SSSR count). The van der Waals surface area contributed by atoms with Crippen molar-refractivity contribution in [1.82, 2.24) is 5.32 Å². The molecule has 1 aromatic rings. The van der Waals surface area contributed by atoms with Gasteiger partial charge < -0.3 is 11.1 Å². The lowest BCUT2D eigenvalue weighted by atomic mass is 9.92. The van der Waals surface area contributed by atoms with Crippen LogP contribution in [0, 0.1) is 0 Å². The number of nitrogens with two attached hydrogens (primary N) is 1. The Morgan fingerprint density at radius 3 is 2.44 bits per heavy atom. The van der Waals surface area contributed by atoms with Crippen LogP contribution in [0.4, 0.5) is 0 Å². The summed E-state index contributed by atoms with van der Waals surface area (Å²) >= 11 is 0. The van der Waals surface area contributed by atoms with E-state index >= 15 is 0 Å². The van der Waals surface area contributed by atoms with Crippen molar-refractivity contribution in [2.45, 2.75) is 44.2 Å². The SMILES string of the molecule is N[C@H]1CC[C@H](NCCc2ccccc2)CC1. The van der Waals surface area contributed by atoms with Gasteiger partial charge in [-0.15, -0.1) is 0 Å². The van der Waals surface area contributed by atoms with Crippen LogP contribution in [0.25, 0.3) is 0 Å². The monoisotopic (exact) mass is 218 g/mol. The van der Waals surface area contributed by atoms with E-state index in [1.807, 2.05) is 0 Å². The van der Waals surface area contributed by atoms with Crippen molar-refractivity contribution in [1.29, 1.82) is 0 Å². The zero-order valence-electron chi connectivity index (χ0n) is 9.86. The second-order valence-corrected chi connectivity index (χ2v) is 4.80. The maximum absolute atomic E-state index is 5.89. The molecule has 1 aromatic carbocycles. The van der Waals surface area contributed by atoms with E-state index in [-0.39, 0.29) is 0 Å². The van der Waals surface area contributed by atoms with Gasteiger partial charge in [0.2, 0.25) is 0 Å². The Kier molecular flexibility index (Phi) is 4.37. The molecule has 1 fully saturated rings. The highest BCUT2D eigenvalue weighted by Gasteiger charge is 2.17. The van der Waals surface area contributed by atoms with Gasteiger partial charge in [-0.05, 0) is 44.2 Å². The number of hydrogen-bond acceptors (Lipinski definition) is 2. The lowest BCUT2D eigenvalue weighted by Gasteiger charge is -2.26. The summed E-state index contributed by atoms with van der Waals surface area (Å²) in [6.45, 7) is 1.09. The molecule has 0 saturated heterocycles. The van der Waals surface area contributed by atoms with Gasteiger partial charge in [-0.25, -0.2) is 0 Å². The van der Waals surface area contributed by atoms with E-state index < -0.39 is 0 Å². The Hall–Kier alpha value is -0.860. The third-order valence-corrected chi connectivity index (χ3v) is 3.46. The van der Waals surface area contributed by atoms with Crippen LogP contribution in [-0.2, 0) is 6.42 Å². The molecule has 1 aliphatic rings. The van der Waals surface area contributed by atoms with Crippen LogP contribution in [-0.4, -0.2) is 18.6 Å². The highest BCUT2D eigenvalue weighted by atomic mass is 14.9. The quantitative estimate of drug-likeness (QED) is 0.812. The van der Waals surface area contributed by atoms with Crippen molar-refractivity contribution < 1.29 is 0 Å². The fourth-order valence-electron chi connectivity index (χ4n) is 2.39. The molecule has 2 heteroatoms. The van der Waals surface area contributed by atoms with Gasteiger partial charge in [-0.3, -0.25) is 0 Å². The molecule has 0 atom stereocenters. The van der Waals surface area contributed by atoms with Gasteiger partial charge in [0, 0.05) is 12.1 Å². The molecule has 3 N–H and O–H groups in total. The summed E-state index contributed by atoms with van der Waals surface area (Å²) in [5.74, 6) is 0. The summed E-state index contributed by atoms with van der Waals surface area (Å²) in [5, 5.41) is 3.64. The van der Waals surface area contributed by atoms with Crippen molar-refractivity contribution in [3.63, 3.8) is 0 Å². The standard InChI is InChI=1S/C14H22N2/c15-13-6-8-14(9-7-13)16-11-10-12-4-2-1-3-5-12/h1-5,13-14,16H,6-11,15H2/t13-,14-. The molecule has 0 spiro atoms. The highest BCUT2D eigenvalue weighted by molar-refractivity contribution is 5.14. The molecular weight excluding hydrogens is 196 g/mol. The van der Waals surface area contributed by atoms with Crippen LogP contribution in [0.15, 0.2) is 30.3 Å². The van der Waals surface area contributed by atoms with Crippen LogP contribution < -0.4 is 11.1 Å². The van der Waals surface area contributed by atoms with E-state index in [1.54, 1.807) is 0 Å². The lowest BCUT2D eigenvalue weighted by molar-refractivity contribution is 0.344. The van der Waals surface area contributed by atoms with Crippen LogP contribution in [0.1, 0.15) is 31.2 Å². The Morgan fingerprint density at radius 2 is 1.75 bits per heavy atom. The normalized spacial score (nSPS) is 25.6. The maximum Gasteiger partial charge on any atom is 0.00683 e. The van der Waals surface area contributed by atoms with E-state index in [9.17, 15) is 0 Å². The molecule has 0 bridgehead atoms. The smallest absolute Gasteiger partial charge is 0.00683 e. The zero-order valence-corrected chi connectivity index (χ0v) is 9.86. The Labute approximate surface area is 98.2 Å². The van der Waals surface area contributed by atoms with E-state index in [2.05, 4.69) is 35.6 Å². The van der Waals surface area contributed by atoms with Crippen molar-refractivity contribution >= 4 is 0 Å². The fraction of sp³-hybridized carbons (Fsp3) is 0.571. The second-order valence-electron chi connectivity index (χ2n) is 4.80. The number of rotatable bonds is 4. The van der Waals surface area contributed by atoms with E-state index in [0.717, 1.165) is 13.0 Å². The van der Waals surface area contributed by atoms with Crippen molar-refractivity contribution in [3.8, 4) is 0 Å². The minimum Gasteiger partial charge on any atom is -0.328 e. The van der Waals surface area contributed by atoms with Crippen molar-refractivity contribution in [2.75, 3.05) is 6.54 Å². The van der Waals surface area contributed by atoms with Crippen LogP contribution in [0.2, 0.25) is 0 Å². The first-order valence-electron chi connectivity index (χ1n) is 6.37. The molecule has 0 heterocycles. The summed E-state index contributed by atoms with van der Waals surface area (Å²) in [4.78, 5) is 0. The van der Waals surface area contributed by atoms with Gasteiger partial charge in [0.05, 0.1) is 0 Å². The fourth-order valence-corrected chi connectivity index (χ4v) is 2.39. The summed E-state index contributed by atoms with van der Waals surface area (Å²) in [7, 11) is 0. The number of benzene rings is 1. The van der Waals surface area contributed by atoms with E-state index in [0.29, 0.717) is 12.1 Å². The molecule has 0 radical (unpaired) electrons. The van der Waals surface area contributed by atoms with Gasteiger partial charge in [-0.2, -0.15) is 0 Å². The summed E-state index contributed by atoms with van der Waals surface area (Å²) in [6.07, 6.45) is 5.99. The van der Waals surface area contributed by atoms with Gasteiger partial charge in [0.25, 0.3) is 0 Å². The molecule has 0 amide bonds. The summed E-state index contributed by atoms with van der Waals surface area (Å²) in [5.41, 5.74) is 7.31. The minimum atomic E-state index is 0.451. The first-order chi connectivity index (χ1) is 7.84. The molecular formula is C14H22N2. The molecule has 0 aromatic heterocycles. The summed E-state index contributed by atoms with van der Waals surface area (Å²) in [6, 6.07) is 11.8. The highest BCUT2D eigenvalue weighted by Crippen LogP contribution is 2.16. The van der Waals surface area contributed by atoms with Crippen LogP contribution in [0.3, 0.4) is 0 Å². The minimum absolute atomic E-state index is 0.451. The van der Waals surface area contributed by atoms with E-state index in [1.165, 1.54) is 31.2 Å². The van der Waals surface area contributed by atoms with Crippen molar-refractivity contribution in [3.05, 3.63) is 35.9 Å². The second kappa shape index (κ2) is 6.02. The van der Waals surface area contributed by atoms with Crippen molar-refractivity contribution in [2.24, 2.45) is 5.73 Å². The van der Waals surface area contributed by atoms with E-state index in [4.69, 9.17) is 5.73 Å². The third kappa shape index (κ3) is 3.62. The van der Waals surface area contributed by atoms with Crippen LogP contribution in [0.5, 0.6) is 0 Å². The predicted octanol–water partition coefficient (Wildman–Crippen LogP) is 2.09. The Morgan fingerprint density at radius 1 is 1.06 bits per heavy atom. The largest absolute Gasteiger partial charge is 0.328 e. The number of nitrogens with one attached hydrogen (secondary N) is 1. The lowest BCUT2D eigenvalue weighted by Crippen LogP contribution is -2.38. The number of hydrogen-bond donors (Lipinski definition) is 2. The predicted molar refractivity (Wildman–Crippen MR) is 68.4 cm³/mol. The molecule has 16 heavy (non-hydrogen) atoms. The molecule has 1 saturated carbocycles. The van der Waals surface area contributed by atoms with Gasteiger partial charge in [0.1, 0.15) is 0 Å². The topological polar surface area (TPSA) is 38.0 Å². The molecule has 0 aliphatic heterocycles. The average molecular weight is 218 g/mol. The van der Waals surface area contributed by atoms with Gasteiger partial charge in [-0.1, -0.05) is 30.3 Å². The zero-order chi connectivity index (χ0) is 11.2. The molecule has 2 nitrogen and oxygen atoms in total. The molecule has 1 aliphatic carbocycles. The summed E-state index contributed by atoms with van der Waals surface area (Å²) < 4.78 is 0. The Bertz CT molecular complexity index is 289. The third-order valence-electron chi connectivity index (χ3n) is 3.46. The molecule has 88 valence electrons.